The van der Waals surface area contributed by atoms with Gasteiger partial charge in [0.15, 0.2) is 5.69 Å². The van der Waals surface area contributed by atoms with Crippen molar-refractivity contribution in [2.75, 3.05) is 11.9 Å². The number of hydrogen-bond donors (Lipinski definition) is 1. The van der Waals surface area contributed by atoms with Crippen molar-refractivity contribution in [2.45, 2.75) is 6.92 Å². The van der Waals surface area contributed by atoms with Crippen molar-refractivity contribution in [1.29, 1.82) is 0 Å². The van der Waals surface area contributed by atoms with E-state index in [1.165, 1.54) is 22.9 Å². The predicted molar refractivity (Wildman–Crippen MR) is 144 cm³/mol. The zero-order valence-electron chi connectivity index (χ0n) is 20.3. The zero-order chi connectivity index (χ0) is 26.6. The smallest absolute Gasteiger partial charge is 0.342 e. The number of rotatable bonds is 7. The third-order valence-corrected chi connectivity index (χ3v) is 5.95. The molecule has 1 heterocycles. The third-order valence-electron chi connectivity index (χ3n) is 5.95. The summed E-state index contributed by atoms with van der Waals surface area (Å²) in [6, 6.07) is 27.8. The molecular weight excluding hydrogens is 484 g/mol. The molecule has 0 fully saturated rings. The molecule has 38 heavy (non-hydrogen) atoms. The van der Waals surface area contributed by atoms with E-state index >= 15 is 0 Å². The topological polar surface area (TPSA) is 116 Å². The highest BCUT2D eigenvalue weighted by molar-refractivity contribution is 6.14. The molecule has 0 aliphatic carbocycles. The number of fused-ring (bicyclic) bond motifs is 1. The van der Waals surface area contributed by atoms with Crippen molar-refractivity contribution in [3.8, 4) is 16.9 Å². The molecule has 0 atom stereocenters. The minimum Gasteiger partial charge on any atom is -0.462 e. The van der Waals surface area contributed by atoms with Gasteiger partial charge in [-0.25, -0.2) is 9.48 Å². The van der Waals surface area contributed by atoms with Gasteiger partial charge in [0.25, 0.3) is 11.6 Å². The van der Waals surface area contributed by atoms with E-state index in [-0.39, 0.29) is 29.2 Å². The number of nitrogens with one attached hydrogen (secondary N) is 1. The van der Waals surface area contributed by atoms with Crippen LogP contribution in [0, 0.1) is 10.1 Å². The van der Waals surface area contributed by atoms with E-state index in [1.807, 2.05) is 42.5 Å². The molecule has 0 aliphatic heterocycles. The molecule has 9 heteroatoms. The first-order valence-corrected chi connectivity index (χ1v) is 11.9. The maximum absolute atomic E-state index is 13.7. The zero-order valence-corrected chi connectivity index (χ0v) is 20.3. The monoisotopic (exact) mass is 506 g/mol. The first kappa shape index (κ1) is 24.4. The van der Waals surface area contributed by atoms with Gasteiger partial charge in [-0.3, -0.25) is 14.9 Å². The lowest BCUT2D eigenvalue weighted by molar-refractivity contribution is -0.384. The van der Waals surface area contributed by atoms with E-state index in [0.717, 1.165) is 10.8 Å². The molecule has 1 amide bonds. The van der Waals surface area contributed by atoms with Crippen LogP contribution in [-0.4, -0.2) is 33.2 Å². The first-order valence-electron chi connectivity index (χ1n) is 11.9. The Balaban J connectivity index is 1.72. The summed E-state index contributed by atoms with van der Waals surface area (Å²) in [6.45, 7) is 1.75. The maximum atomic E-state index is 13.7. The lowest BCUT2D eigenvalue weighted by atomic mass is 10.0. The molecule has 0 bridgehead atoms. The van der Waals surface area contributed by atoms with E-state index in [1.54, 1.807) is 43.3 Å². The molecule has 0 spiro atoms. The van der Waals surface area contributed by atoms with E-state index < -0.39 is 16.8 Å². The highest BCUT2D eigenvalue weighted by Gasteiger charge is 2.31. The summed E-state index contributed by atoms with van der Waals surface area (Å²) in [7, 11) is 0. The maximum Gasteiger partial charge on any atom is 0.342 e. The van der Waals surface area contributed by atoms with Crippen LogP contribution < -0.4 is 5.32 Å². The van der Waals surface area contributed by atoms with Crippen LogP contribution >= 0.6 is 0 Å². The summed E-state index contributed by atoms with van der Waals surface area (Å²) in [5.41, 5.74) is 1.37. The van der Waals surface area contributed by atoms with Crippen molar-refractivity contribution >= 4 is 34.0 Å². The van der Waals surface area contributed by atoms with Gasteiger partial charge in [-0.2, -0.15) is 5.10 Å². The van der Waals surface area contributed by atoms with Gasteiger partial charge >= 0.3 is 5.97 Å². The largest absolute Gasteiger partial charge is 0.462 e. The van der Waals surface area contributed by atoms with E-state index in [0.29, 0.717) is 16.9 Å². The van der Waals surface area contributed by atoms with Crippen LogP contribution in [0.4, 0.5) is 11.4 Å². The molecule has 0 aliphatic rings. The average Bonchev–Trinajstić information content (AvgIpc) is 3.35. The van der Waals surface area contributed by atoms with Crippen LogP contribution in [-0.2, 0) is 4.74 Å². The lowest BCUT2D eigenvalue weighted by Crippen LogP contribution is -2.18. The van der Waals surface area contributed by atoms with Gasteiger partial charge in [-0.1, -0.05) is 72.8 Å². The fourth-order valence-corrected chi connectivity index (χ4v) is 4.28. The second kappa shape index (κ2) is 10.4. The number of benzene rings is 4. The normalized spacial score (nSPS) is 10.8. The number of ether oxygens (including phenoxy) is 1. The number of nitrogens with zero attached hydrogens (tertiary/aromatic N) is 3. The summed E-state index contributed by atoms with van der Waals surface area (Å²) in [4.78, 5) is 37.9. The van der Waals surface area contributed by atoms with Crippen LogP contribution in [0.25, 0.3) is 27.7 Å². The molecule has 5 aromatic rings. The number of amides is 1. The quantitative estimate of drug-likeness (QED) is 0.164. The minimum atomic E-state index is -0.730. The molecule has 9 nitrogen and oxygen atoms in total. The van der Waals surface area contributed by atoms with Gasteiger partial charge in [-0.15, -0.1) is 0 Å². The molecule has 0 unspecified atom stereocenters. The van der Waals surface area contributed by atoms with Crippen molar-refractivity contribution in [3.63, 3.8) is 0 Å². The predicted octanol–water partition coefficient (Wildman–Crippen LogP) is 6.03. The fraction of sp³-hybridized carbons (Fsp3) is 0.0690. The Bertz CT molecular complexity index is 1670. The minimum absolute atomic E-state index is 0.0395. The van der Waals surface area contributed by atoms with E-state index in [9.17, 15) is 19.7 Å². The SMILES string of the molecule is CCOC(=O)c1c(C(=O)Nc2cccc3ccccc23)nn(-c2cccc([N+](=O)[O-])c2)c1-c1ccccc1. The summed E-state index contributed by atoms with van der Waals surface area (Å²) >= 11 is 0. The van der Waals surface area contributed by atoms with Crippen LogP contribution in [0.2, 0.25) is 0 Å². The second-order valence-electron chi connectivity index (χ2n) is 8.33. The highest BCUT2D eigenvalue weighted by Crippen LogP contribution is 2.32. The number of non-ortho nitro benzene ring substituents is 1. The van der Waals surface area contributed by atoms with Crippen molar-refractivity contribution in [1.82, 2.24) is 9.78 Å². The lowest BCUT2D eigenvalue weighted by Gasteiger charge is -2.10. The number of esters is 1. The number of nitro benzene ring substituents is 1. The van der Waals surface area contributed by atoms with E-state index in [2.05, 4.69) is 10.4 Å². The molecule has 0 saturated heterocycles. The van der Waals surface area contributed by atoms with Crippen LogP contribution in [0.1, 0.15) is 27.8 Å². The Hall–Kier alpha value is -5.31. The summed E-state index contributed by atoms with van der Waals surface area (Å²) in [5.74, 6) is -1.35. The molecule has 188 valence electrons. The van der Waals surface area contributed by atoms with Gasteiger partial charge in [0, 0.05) is 28.8 Å². The first-order chi connectivity index (χ1) is 18.5. The molecule has 5 rings (SSSR count). The van der Waals surface area contributed by atoms with Gasteiger partial charge < -0.3 is 10.1 Å². The molecule has 0 saturated carbocycles. The van der Waals surface area contributed by atoms with E-state index in [4.69, 9.17) is 4.74 Å². The summed E-state index contributed by atoms with van der Waals surface area (Å²) in [5, 5.41) is 20.6. The molecule has 1 aromatic heterocycles. The van der Waals surface area contributed by atoms with Gasteiger partial charge in [0.2, 0.25) is 0 Å². The number of anilines is 1. The fourth-order valence-electron chi connectivity index (χ4n) is 4.28. The number of nitro groups is 1. The Morgan fingerprint density at radius 3 is 2.42 bits per heavy atom. The van der Waals surface area contributed by atoms with Crippen LogP contribution in [0.15, 0.2) is 97.1 Å². The number of carbonyl (C=O) groups excluding carboxylic acids is 2. The number of carbonyl (C=O) groups is 2. The molecule has 4 aromatic carbocycles. The average molecular weight is 507 g/mol. The number of aromatic nitrogens is 2. The summed E-state index contributed by atoms with van der Waals surface area (Å²) < 4.78 is 6.70. The Morgan fingerprint density at radius 2 is 1.66 bits per heavy atom. The van der Waals surface area contributed by atoms with Gasteiger partial charge in [-0.05, 0) is 24.4 Å². The standard InChI is InChI=1S/C29H22N4O5/c1-2-38-29(35)25-26(28(34)30-24-17-8-13-19-10-6-7-16-23(19)24)31-32(27(25)20-11-4-3-5-12-20)21-14-9-15-22(18-21)33(36)37/h3-18H,2H2,1H3,(H,30,34). The van der Waals surface area contributed by atoms with Gasteiger partial charge in [0.05, 0.1) is 22.9 Å². The summed E-state index contributed by atoms with van der Waals surface area (Å²) in [6.07, 6.45) is 0. The van der Waals surface area contributed by atoms with Gasteiger partial charge in [0.1, 0.15) is 5.56 Å². The molecule has 0 radical (unpaired) electrons. The molecule has 1 N–H and O–H groups in total. The third kappa shape index (κ3) is 4.60. The van der Waals surface area contributed by atoms with Crippen molar-refractivity contribution in [2.24, 2.45) is 0 Å². The second-order valence-corrected chi connectivity index (χ2v) is 8.33. The Morgan fingerprint density at radius 1 is 0.947 bits per heavy atom. The van der Waals surface area contributed by atoms with Crippen LogP contribution in [0.3, 0.4) is 0 Å². The van der Waals surface area contributed by atoms with Crippen molar-refractivity contribution in [3.05, 3.63) is 118 Å². The Kier molecular flexibility index (Phi) is 6.65. The van der Waals surface area contributed by atoms with Crippen molar-refractivity contribution < 1.29 is 19.2 Å². The van der Waals surface area contributed by atoms with Crippen LogP contribution in [0.5, 0.6) is 0 Å². The molecular formula is C29H22N4O5. The Labute approximate surface area is 217 Å². The number of hydrogen-bond acceptors (Lipinski definition) is 6. The highest BCUT2D eigenvalue weighted by atomic mass is 16.6.